The zero-order chi connectivity index (χ0) is 11.5. The summed E-state index contributed by atoms with van der Waals surface area (Å²) in [7, 11) is 0. The number of rotatable bonds is 3. The maximum atomic E-state index is 10.7. The van der Waals surface area contributed by atoms with E-state index in [1.807, 2.05) is 25.1 Å². The van der Waals surface area contributed by atoms with Crippen LogP contribution in [0.15, 0.2) is 30.5 Å². The van der Waals surface area contributed by atoms with Gasteiger partial charge in [-0.05, 0) is 25.1 Å². The minimum Gasteiger partial charge on any atom is -0.369 e. The molecule has 0 atom stereocenters. The molecule has 2 N–H and O–H groups in total. The normalized spacial score (nSPS) is 10.3. The van der Waals surface area contributed by atoms with Crippen molar-refractivity contribution < 1.29 is 4.79 Å². The SMILES string of the molecule is Cc1cccc(-n2ccc(CC(N)=O)n2)n1. The fourth-order valence-corrected chi connectivity index (χ4v) is 1.42. The van der Waals surface area contributed by atoms with Gasteiger partial charge in [0.25, 0.3) is 0 Å². The van der Waals surface area contributed by atoms with Gasteiger partial charge in [-0.1, -0.05) is 6.07 Å². The van der Waals surface area contributed by atoms with Gasteiger partial charge < -0.3 is 5.73 Å². The molecule has 0 fully saturated rings. The number of primary amides is 1. The van der Waals surface area contributed by atoms with E-state index < -0.39 is 0 Å². The molecule has 0 saturated carbocycles. The average molecular weight is 216 g/mol. The number of carbonyl (C=O) groups is 1. The summed E-state index contributed by atoms with van der Waals surface area (Å²) < 4.78 is 1.63. The highest BCUT2D eigenvalue weighted by atomic mass is 16.1. The fourth-order valence-electron chi connectivity index (χ4n) is 1.42. The molecule has 2 aromatic rings. The molecule has 0 aliphatic rings. The van der Waals surface area contributed by atoms with Crippen molar-refractivity contribution in [2.24, 2.45) is 5.73 Å². The molecule has 2 rings (SSSR count). The van der Waals surface area contributed by atoms with Crippen molar-refractivity contribution >= 4 is 5.91 Å². The number of hydrogen-bond acceptors (Lipinski definition) is 3. The molecule has 0 aromatic carbocycles. The van der Waals surface area contributed by atoms with E-state index in [1.54, 1.807) is 16.9 Å². The van der Waals surface area contributed by atoms with E-state index in [-0.39, 0.29) is 12.3 Å². The van der Waals surface area contributed by atoms with E-state index in [9.17, 15) is 4.79 Å². The zero-order valence-corrected chi connectivity index (χ0v) is 8.92. The standard InChI is InChI=1S/C11H12N4O/c1-8-3-2-4-11(13-8)15-6-5-9(14-15)7-10(12)16/h2-6H,7H2,1H3,(H2,12,16). The van der Waals surface area contributed by atoms with Crippen LogP contribution >= 0.6 is 0 Å². The predicted octanol–water partition coefficient (Wildman–Crippen LogP) is 0.604. The highest BCUT2D eigenvalue weighted by Gasteiger charge is 2.04. The third-order valence-electron chi connectivity index (χ3n) is 2.11. The van der Waals surface area contributed by atoms with Crippen LogP contribution in [0.3, 0.4) is 0 Å². The molecular weight excluding hydrogens is 204 g/mol. The Morgan fingerprint density at radius 3 is 2.94 bits per heavy atom. The van der Waals surface area contributed by atoms with Crippen molar-refractivity contribution in [3.05, 3.63) is 41.9 Å². The Kier molecular flexibility index (Phi) is 2.68. The Labute approximate surface area is 92.9 Å². The molecule has 0 spiro atoms. The summed E-state index contributed by atoms with van der Waals surface area (Å²) >= 11 is 0. The van der Waals surface area contributed by atoms with Gasteiger partial charge in [-0.25, -0.2) is 9.67 Å². The molecule has 0 aliphatic carbocycles. The summed E-state index contributed by atoms with van der Waals surface area (Å²) in [5.41, 5.74) is 6.66. The molecule has 0 aliphatic heterocycles. The second-order valence-electron chi connectivity index (χ2n) is 3.53. The van der Waals surface area contributed by atoms with Crippen molar-refractivity contribution in [3.63, 3.8) is 0 Å². The van der Waals surface area contributed by atoms with Gasteiger partial charge in [0.15, 0.2) is 5.82 Å². The van der Waals surface area contributed by atoms with Crippen LogP contribution in [0.2, 0.25) is 0 Å². The monoisotopic (exact) mass is 216 g/mol. The lowest BCUT2D eigenvalue weighted by molar-refractivity contribution is -0.117. The number of carbonyl (C=O) groups excluding carboxylic acids is 1. The number of nitrogens with zero attached hydrogens (tertiary/aromatic N) is 3. The Balaban J connectivity index is 2.28. The second-order valence-corrected chi connectivity index (χ2v) is 3.53. The van der Waals surface area contributed by atoms with E-state index in [2.05, 4.69) is 10.1 Å². The molecule has 2 aromatic heterocycles. The largest absolute Gasteiger partial charge is 0.369 e. The number of aromatic nitrogens is 3. The van der Waals surface area contributed by atoms with Gasteiger partial charge in [0, 0.05) is 11.9 Å². The maximum Gasteiger partial charge on any atom is 0.223 e. The minimum atomic E-state index is -0.387. The number of hydrogen-bond donors (Lipinski definition) is 1. The zero-order valence-electron chi connectivity index (χ0n) is 8.92. The highest BCUT2D eigenvalue weighted by molar-refractivity contribution is 5.76. The maximum absolute atomic E-state index is 10.7. The van der Waals surface area contributed by atoms with Crippen LogP contribution in [0.1, 0.15) is 11.4 Å². The molecule has 5 heteroatoms. The highest BCUT2D eigenvalue weighted by Crippen LogP contribution is 2.05. The molecule has 0 radical (unpaired) electrons. The first-order valence-electron chi connectivity index (χ1n) is 4.92. The minimum absolute atomic E-state index is 0.152. The Hall–Kier alpha value is -2.17. The Morgan fingerprint density at radius 1 is 1.44 bits per heavy atom. The lowest BCUT2D eigenvalue weighted by atomic mass is 10.3. The Morgan fingerprint density at radius 2 is 2.25 bits per heavy atom. The van der Waals surface area contributed by atoms with E-state index >= 15 is 0 Å². The third-order valence-corrected chi connectivity index (χ3v) is 2.11. The van der Waals surface area contributed by atoms with Crippen LogP contribution in [0, 0.1) is 6.92 Å². The average Bonchev–Trinajstić information content (AvgIpc) is 2.65. The molecular formula is C11H12N4O. The lowest BCUT2D eigenvalue weighted by Gasteiger charge is -2.00. The van der Waals surface area contributed by atoms with Crippen LogP contribution in [-0.2, 0) is 11.2 Å². The smallest absolute Gasteiger partial charge is 0.223 e. The number of pyridine rings is 1. The van der Waals surface area contributed by atoms with Crippen molar-refractivity contribution in [1.82, 2.24) is 14.8 Å². The number of aryl methyl sites for hydroxylation is 1. The summed E-state index contributed by atoms with van der Waals surface area (Å²) in [5.74, 6) is 0.346. The third kappa shape index (κ3) is 2.25. The van der Waals surface area contributed by atoms with Crippen molar-refractivity contribution in [2.45, 2.75) is 13.3 Å². The summed E-state index contributed by atoms with van der Waals surface area (Å²) in [4.78, 5) is 15.0. The molecule has 82 valence electrons. The van der Waals surface area contributed by atoms with E-state index in [4.69, 9.17) is 5.73 Å². The summed E-state index contributed by atoms with van der Waals surface area (Å²) in [6, 6.07) is 7.44. The van der Waals surface area contributed by atoms with E-state index in [0.29, 0.717) is 5.69 Å². The topological polar surface area (TPSA) is 73.8 Å². The molecule has 0 bridgehead atoms. The van der Waals surface area contributed by atoms with Crippen LogP contribution < -0.4 is 5.73 Å². The van der Waals surface area contributed by atoms with Gasteiger partial charge in [-0.15, -0.1) is 0 Å². The van der Waals surface area contributed by atoms with Gasteiger partial charge in [0.1, 0.15) is 0 Å². The van der Waals surface area contributed by atoms with Crippen LogP contribution in [0.5, 0.6) is 0 Å². The summed E-state index contributed by atoms with van der Waals surface area (Å²) in [6.45, 7) is 1.91. The van der Waals surface area contributed by atoms with Crippen LogP contribution in [-0.4, -0.2) is 20.7 Å². The van der Waals surface area contributed by atoms with Gasteiger partial charge in [0.05, 0.1) is 12.1 Å². The summed E-state index contributed by atoms with van der Waals surface area (Å²) in [6.07, 6.45) is 1.92. The van der Waals surface area contributed by atoms with Crippen LogP contribution in [0.25, 0.3) is 5.82 Å². The lowest BCUT2D eigenvalue weighted by Crippen LogP contribution is -2.14. The number of nitrogens with two attached hydrogens (primary N) is 1. The van der Waals surface area contributed by atoms with Gasteiger partial charge in [0.2, 0.25) is 5.91 Å². The molecule has 16 heavy (non-hydrogen) atoms. The molecule has 5 nitrogen and oxygen atoms in total. The molecule has 0 saturated heterocycles. The molecule has 0 unspecified atom stereocenters. The molecule has 2 heterocycles. The van der Waals surface area contributed by atoms with Gasteiger partial charge in [-0.3, -0.25) is 4.79 Å². The summed E-state index contributed by atoms with van der Waals surface area (Å²) in [5, 5.41) is 4.22. The number of amides is 1. The van der Waals surface area contributed by atoms with Gasteiger partial charge >= 0.3 is 0 Å². The first kappa shape index (κ1) is 10.4. The van der Waals surface area contributed by atoms with Gasteiger partial charge in [-0.2, -0.15) is 5.10 Å². The fraction of sp³-hybridized carbons (Fsp3) is 0.182. The predicted molar refractivity (Wildman–Crippen MR) is 59.0 cm³/mol. The van der Waals surface area contributed by atoms with E-state index in [0.717, 1.165) is 11.5 Å². The van der Waals surface area contributed by atoms with Crippen molar-refractivity contribution in [3.8, 4) is 5.82 Å². The van der Waals surface area contributed by atoms with Crippen LogP contribution in [0.4, 0.5) is 0 Å². The Bertz CT molecular complexity index is 518. The van der Waals surface area contributed by atoms with Crippen molar-refractivity contribution in [1.29, 1.82) is 0 Å². The first-order valence-corrected chi connectivity index (χ1v) is 4.92. The van der Waals surface area contributed by atoms with E-state index in [1.165, 1.54) is 0 Å². The second kappa shape index (κ2) is 4.14. The first-order chi connectivity index (χ1) is 7.65. The molecule has 1 amide bonds. The van der Waals surface area contributed by atoms with Crippen molar-refractivity contribution in [2.75, 3.05) is 0 Å². The quantitative estimate of drug-likeness (QED) is 0.816.